The number of aromatic nitrogens is 2. The quantitative estimate of drug-likeness (QED) is 0.793. The van der Waals surface area contributed by atoms with Crippen molar-refractivity contribution in [1.82, 2.24) is 9.55 Å². The second-order valence-corrected chi connectivity index (χ2v) is 5.48. The molecule has 0 unspecified atom stereocenters. The van der Waals surface area contributed by atoms with Crippen molar-refractivity contribution >= 4 is 10.8 Å². The first-order valence-corrected chi connectivity index (χ1v) is 7.16. The van der Waals surface area contributed by atoms with Gasteiger partial charge < -0.3 is 14.4 Å². The van der Waals surface area contributed by atoms with Crippen LogP contribution in [-0.2, 0) is 6.61 Å². The molecule has 1 saturated carbocycles. The Hall–Kier alpha value is -2.49. The fourth-order valence-corrected chi connectivity index (χ4v) is 2.60. The van der Waals surface area contributed by atoms with Gasteiger partial charge in [-0.2, -0.15) is 0 Å². The van der Waals surface area contributed by atoms with Crippen LogP contribution in [0.3, 0.4) is 0 Å². The number of phenolic OH excluding ortho intramolecular Hbond substituents is 1. The minimum atomic E-state index is 0.172. The van der Waals surface area contributed by atoms with E-state index in [9.17, 15) is 5.11 Å². The molecule has 1 aromatic heterocycles. The normalized spacial score (nSPS) is 14.5. The van der Waals surface area contributed by atoms with Gasteiger partial charge in [0.15, 0.2) is 11.5 Å². The minimum Gasteiger partial charge on any atom is -0.504 e. The van der Waals surface area contributed by atoms with E-state index in [1.54, 1.807) is 6.07 Å². The molecule has 1 aliphatic rings. The number of aromatic hydroxyl groups is 1. The molecule has 1 aliphatic carbocycles. The van der Waals surface area contributed by atoms with Crippen molar-refractivity contribution in [2.45, 2.75) is 25.5 Å². The molecule has 0 radical (unpaired) electrons. The van der Waals surface area contributed by atoms with Gasteiger partial charge in [0.25, 0.3) is 0 Å². The highest BCUT2D eigenvalue weighted by atomic mass is 16.5. The van der Waals surface area contributed by atoms with Crippen molar-refractivity contribution in [2.24, 2.45) is 0 Å². The molecule has 1 heterocycles. The predicted molar refractivity (Wildman–Crippen MR) is 80.4 cm³/mol. The zero-order valence-electron chi connectivity index (χ0n) is 11.6. The van der Waals surface area contributed by atoms with Crippen molar-refractivity contribution in [3.05, 3.63) is 54.6 Å². The number of hydrogen-bond acceptors (Lipinski definition) is 3. The second-order valence-electron chi connectivity index (χ2n) is 5.48. The van der Waals surface area contributed by atoms with Gasteiger partial charge in [-0.15, -0.1) is 0 Å². The Balaban J connectivity index is 1.59. The molecule has 3 aromatic rings. The standard InChI is InChI=1S/C17H16N2O2/c20-16-7-12-3-1-2-4-13(12)8-17(16)21-10-15-9-18-11-19(15)14-5-6-14/h1-4,7-9,11,14,20H,5-6,10H2. The highest BCUT2D eigenvalue weighted by molar-refractivity contribution is 5.85. The van der Waals surface area contributed by atoms with Crippen molar-refractivity contribution in [2.75, 3.05) is 0 Å². The molecule has 4 rings (SSSR count). The molecule has 1 fully saturated rings. The van der Waals surface area contributed by atoms with Crippen molar-refractivity contribution in [3.8, 4) is 11.5 Å². The third-order valence-corrected chi connectivity index (χ3v) is 3.89. The first kappa shape index (κ1) is 12.3. The fraction of sp³-hybridized carbons (Fsp3) is 0.235. The lowest BCUT2D eigenvalue weighted by Crippen LogP contribution is -2.03. The molecule has 0 saturated heterocycles. The maximum atomic E-state index is 10.1. The average Bonchev–Trinajstić information content (AvgIpc) is 3.24. The van der Waals surface area contributed by atoms with Crippen LogP contribution in [0.25, 0.3) is 10.8 Å². The van der Waals surface area contributed by atoms with Gasteiger partial charge in [-0.05, 0) is 35.7 Å². The molecular weight excluding hydrogens is 264 g/mol. The van der Waals surface area contributed by atoms with Crippen LogP contribution < -0.4 is 4.74 Å². The number of rotatable bonds is 4. The first-order valence-electron chi connectivity index (χ1n) is 7.16. The van der Waals surface area contributed by atoms with Crippen LogP contribution in [0.1, 0.15) is 24.6 Å². The number of imidazole rings is 1. The van der Waals surface area contributed by atoms with E-state index in [1.807, 2.05) is 42.9 Å². The van der Waals surface area contributed by atoms with E-state index in [4.69, 9.17) is 4.74 Å². The van der Waals surface area contributed by atoms with Gasteiger partial charge in [-0.1, -0.05) is 24.3 Å². The summed E-state index contributed by atoms with van der Waals surface area (Å²) in [6.07, 6.45) is 6.11. The molecular formula is C17H16N2O2. The zero-order chi connectivity index (χ0) is 14.2. The molecule has 2 aromatic carbocycles. The Kier molecular flexibility index (Phi) is 2.81. The molecule has 106 valence electrons. The predicted octanol–water partition coefficient (Wildman–Crippen LogP) is 3.66. The highest BCUT2D eigenvalue weighted by Crippen LogP contribution is 2.36. The maximum absolute atomic E-state index is 10.1. The topological polar surface area (TPSA) is 47.3 Å². The van der Waals surface area contributed by atoms with E-state index in [2.05, 4.69) is 9.55 Å². The van der Waals surface area contributed by atoms with Crippen molar-refractivity contribution in [3.63, 3.8) is 0 Å². The number of nitrogens with zero attached hydrogens (tertiary/aromatic N) is 2. The van der Waals surface area contributed by atoms with Crippen LogP contribution >= 0.6 is 0 Å². The molecule has 0 bridgehead atoms. The van der Waals surface area contributed by atoms with Gasteiger partial charge in [0.1, 0.15) is 6.61 Å². The summed E-state index contributed by atoms with van der Waals surface area (Å²) in [5.41, 5.74) is 1.05. The third-order valence-electron chi connectivity index (χ3n) is 3.89. The first-order chi connectivity index (χ1) is 10.3. The second kappa shape index (κ2) is 4.81. The summed E-state index contributed by atoms with van der Waals surface area (Å²) in [6.45, 7) is 0.419. The van der Waals surface area contributed by atoms with Crippen LogP contribution in [0.2, 0.25) is 0 Å². The number of hydrogen-bond donors (Lipinski definition) is 1. The van der Waals surface area contributed by atoms with Gasteiger partial charge in [0.2, 0.25) is 0 Å². The zero-order valence-corrected chi connectivity index (χ0v) is 11.6. The Labute approximate surface area is 122 Å². The van der Waals surface area contributed by atoms with Crippen LogP contribution in [0.4, 0.5) is 0 Å². The minimum absolute atomic E-state index is 0.172. The van der Waals surface area contributed by atoms with E-state index in [0.29, 0.717) is 18.4 Å². The van der Waals surface area contributed by atoms with Crippen LogP contribution in [0, 0.1) is 0 Å². The van der Waals surface area contributed by atoms with E-state index >= 15 is 0 Å². The molecule has 0 aliphatic heterocycles. The summed E-state index contributed by atoms with van der Waals surface area (Å²) in [5.74, 6) is 0.684. The molecule has 4 heteroatoms. The van der Waals surface area contributed by atoms with Crippen molar-refractivity contribution in [1.29, 1.82) is 0 Å². The lowest BCUT2D eigenvalue weighted by atomic mass is 10.1. The van der Waals surface area contributed by atoms with Gasteiger partial charge in [-0.25, -0.2) is 4.98 Å². The van der Waals surface area contributed by atoms with Gasteiger partial charge in [0, 0.05) is 6.04 Å². The Morgan fingerprint density at radius 1 is 1.19 bits per heavy atom. The van der Waals surface area contributed by atoms with Gasteiger partial charge in [0.05, 0.1) is 18.2 Å². The summed E-state index contributed by atoms with van der Waals surface area (Å²) < 4.78 is 7.96. The molecule has 1 N–H and O–H groups in total. The number of ether oxygens (including phenoxy) is 1. The van der Waals surface area contributed by atoms with Crippen molar-refractivity contribution < 1.29 is 9.84 Å². The largest absolute Gasteiger partial charge is 0.504 e. The number of phenols is 1. The SMILES string of the molecule is Oc1cc2ccccc2cc1OCc1cncn1C1CC1. The Morgan fingerprint density at radius 3 is 2.71 bits per heavy atom. The Bertz CT molecular complexity index is 790. The lowest BCUT2D eigenvalue weighted by Gasteiger charge is -2.11. The van der Waals surface area contributed by atoms with E-state index in [0.717, 1.165) is 16.5 Å². The van der Waals surface area contributed by atoms with E-state index in [-0.39, 0.29) is 5.75 Å². The Morgan fingerprint density at radius 2 is 1.95 bits per heavy atom. The number of fused-ring (bicyclic) bond motifs is 1. The molecule has 0 amide bonds. The molecule has 21 heavy (non-hydrogen) atoms. The van der Waals surface area contributed by atoms with E-state index in [1.165, 1.54) is 12.8 Å². The average molecular weight is 280 g/mol. The molecule has 0 spiro atoms. The summed E-state index contributed by atoms with van der Waals surface area (Å²) >= 11 is 0. The summed E-state index contributed by atoms with van der Waals surface area (Å²) in [4.78, 5) is 4.19. The summed E-state index contributed by atoms with van der Waals surface area (Å²) in [5, 5.41) is 12.1. The van der Waals surface area contributed by atoms with Crippen LogP contribution in [0.15, 0.2) is 48.9 Å². The summed E-state index contributed by atoms with van der Waals surface area (Å²) in [6, 6.07) is 12.1. The van der Waals surface area contributed by atoms with Gasteiger partial charge in [-0.3, -0.25) is 0 Å². The monoisotopic (exact) mass is 280 g/mol. The number of benzene rings is 2. The lowest BCUT2D eigenvalue weighted by molar-refractivity contribution is 0.280. The van der Waals surface area contributed by atoms with E-state index < -0.39 is 0 Å². The van der Waals surface area contributed by atoms with Crippen LogP contribution in [-0.4, -0.2) is 14.7 Å². The van der Waals surface area contributed by atoms with Crippen LogP contribution in [0.5, 0.6) is 11.5 Å². The fourth-order valence-electron chi connectivity index (χ4n) is 2.60. The highest BCUT2D eigenvalue weighted by Gasteiger charge is 2.25. The maximum Gasteiger partial charge on any atom is 0.162 e. The third kappa shape index (κ3) is 2.33. The van der Waals surface area contributed by atoms with Gasteiger partial charge >= 0.3 is 0 Å². The smallest absolute Gasteiger partial charge is 0.162 e. The summed E-state index contributed by atoms with van der Waals surface area (Å²) in [7, 11) is 0. The molecule has 0 atom stereocenters. The molecule has 4 nitrogen and oxygen atoms in total.